The smallest absolute Gasteiger partial charge is 0.409 e. The first kappa shape index (κ1) is 27.5. The van der Waals surface area contributed by atoms with E-state index in [9.17, 15) is 14.7 Å². The molecule has 2 aliphatic rings. The second-order valence-corrected chi connectivity index (χ2v) is 16.4. The Morgan fingerprint density at radius 3 is 2.12 bits per heavy atom. The molecular weight excluding hydrogens is 516 g/mol. The zero-order chi connectivity index (χ0) is 28.4. The van der Waals surface area contributed by atoms with Crippen LogP contribution in [0.5, 0.6) is 0 Å². The summed E-state index contributed by atoms with van der Waals surface area (Å²) >= 11 is 0. The maximum Gasteiger partial charge on any atom is 0.409 e. The van der Waals surface area contributed by atoms with E-state index in [1.165, 1.54) is 22.3 Å². The summed E-state index contributed by atoms with van der Waals surface area (Å²) in [7, 11) is -1.59. The van der Waals surface area contributed by atoms with E-state index in [4.69, 9.17) is 4.74 Å². The number of benzene rings is 3. The maximum absolute atomic E-state index is 13.1. The van der Waals surface area contributed by atoms with Crippen LogP contribution in [-0.2, 0) is 16.0 Å². The molecule has 3 aromatic rings. The maximum atomic E-state index is 13.1. The van der Waals surface area contributed by atoms with Crippen molar-refractivity contribution in [1.29, 1.82) is 0 Å². The molecule has 1 fully saturated rings. The minimum Gasteiger partial charge on any atom is -0.481 e. The fraction of sp³-hybridized carbons (Fsp3) is 0.333. The molecule has 7 heteroatoms. The molecule has 1 saturated heterocycles. The first-order valence-electron chi connectivity index (χ1n) is 13.8. The molecule has 206 valence electrons. The molecule has 1 N–H and O–H groups in total. The number of hydrogen-bond donors (Lipinski definition) is 1. The van der Waals surface area contributed by atoms with Gasteiger partial charge in [-0.1, -0.05) is 74.1 Å². The van der Waals surface area contributed by atoms with Crippen molar-refractivity contribution in [2.45, 2.75) is 38.9 Å². The summed E-state index contributed by atoms with van der Waals surface area (Å²) in [6, 6.07) is 20.6. The van der Waals surface area contributed by atoms with Gasteiger partial charge in [0.25, 0.3) is 0 Å². The Hall–Kier alpha value is -4.02. The second kappa shape index (κ2) is 11.2. The number of nitrogens with zero attached hydrogens (tertiary/aromatic N) is 2. The van der Waals surface area contributed by atoms with E-state index in [1.54, 1.807) is 4.90 Å². The molecule has 1 aliphatic carbocycles. The lowest BCUT2D eigenvalue weighted by atomic mass is 9.98. The number of carbonyl (C=O) groups excluding carboxylic acids is 1. The van der Waals surface area contributed by atoms with E-state index < -0.39 is 14.0 Å². The summed E-state index contributed by atoms with van der Waals surface area (Å²) in [6.45, 7) is 11.2. The predicted molar refractivity (Wildman–Crippen MR) is 162 cm³/mol. The van der Waals surface area contributed by atoms with Crippen LogP contribution in [0.15, 0.2) is 60.7 Å². The van der Waals surface area contributed by atoms with E-state index >= 15 is 0 Å². The molecule has 0 atom stereocenters. The summed E-state index contributed by atoms with van der Waals surface area (Å²) in [6.07, 6.45) is -0.333. The molecule has 0 radical (unpaired) electrons. The Balaban J connectivity index is 1.26. The highest BCUT2D eigenvalue weighted by atomic mass is 28.3. The molecule has 0 saturated carbocycles. The van der Waals surface area contributed by atoms with Crippen LogP contribution in [0.25, 0.3) is 11.1 Å². The summed E-state index contributed by atoms with van der Waals surface area (Å²) in [5.74, 6) is 2.48. The number of rotatable bonds is 5. The summed E-state index contributed by atoms with van der Waals surface area (Å²) in [4.78, 5) is 28.6. The number of anilines is 1. The number of fused-ring (bicyclic) bond motifs is 3. The third-order valence-corrected chi connectivity index (χ3v) is 8.50. The molecule has 0 unspecified atom stereocenters. The molecule has 1 heterocycles. The van der Waals surface area contributed by atoms with Crippen LogP contribution in [-0.4, -0.2) is 62.9 Å². The lowest BCUT2D eigenvalue weighted by Crippen LogP contribution is -2.49. The summed E-state index contributed by atoms with van der Waals surface area (Å²) in [5, 5.41) is 9.48. The Bertz CT molecular complexity index is 1460. The van der Waals surface area contributed by atoms with Gasteiger partial charge in [-0.15, -0.1) is 5.54 Å². The van der Waals surface area contributed by atoms with Crippen molar-refractivity contribution in [2.75, 3.05) is 37.7 Å². The zero-order valence-corrected chi connectivity index (χ0v) is 24.7. The van der Waals surface area contributed by atoms with Crippen molar-refractivity contribution in [2.24, 2.45) is 0 Å². The Kier molecular flexibility index (Phi) is 7.73. The van der Waals surface area contributed by atoms with Gasteiger partial charge in [0.15, 0.2) is 0 Å². The minimum atomic E-state index is -1.59. The normalized spacial score (nSPS) is 14.7. The van der Waals surface area contributed by atoms with Gasteiger partial charge >= 0.3 is 12.1 Å². The van der Waals surface area contributed by atoms with Gasteiger partial charge in [-0.05, 0) is 52.4 Å². The number of carbonyl (C=O) groups is 2. The number of hydrogen-bond acceptors (Lipinski definition) is 4. The molecule has 0 aromatic heterocycles. The van der Waals surface area contributed by atoms with Crippen LogP contribution in [0.4, 0.5) is 10.5 Å². The standard InChI is InChI=1S/C33H36N2O4Si/c1-23-25(21-32(36)37)19-24(13-18-40(2,3)4)20-31(23)34-14-16-35(17-15-34)33(38)39-22-30-28-11-7-5-9-26(28)27-10-6-8-12-29(27)30/h5-12,19-20,30H,14-17,21-22H2,1-4H3,(H,36,37). The number of carboxylic acid groups (broad SMARTS) is 1. The highest BCUT2D eigenvalue weighted by Crippen LogP contribution is 2.44. The summed E-state index contributed by atoms with van der Waals surface area (Å²) < 4.78 is 5.88. The van der Waals surface area contributed by atoms with E-state index in [0.29, 0.717) is 32.8 Å². The fourth-order valence-electron chi connectivity index (χ4n) is 5.58. The highest BCUT2D eigenvalue weighted by Gasteiger charge is 2.30. The van der Waals surface area contributed by atoms with Crippen LogP contribution in [0.3, 0.4) is 0 Å². The van der Waals surface area contributed by atoms with Gasteiger partial charge in [0.1, 0.15) is 14.7 Å². The third kappa shape index (κ3) is 5.92. The monoisotopic (exact) mass is 552 g/mol. The number of carboxylic acids is 1. The Morgan fingerprint density at radius 1 is 0.950 bits per heavy atom. The number of ether oxygens (including phenoxy) is 1. The molecular formula is C33H36N2O4Si. The molecule has 3 aromatic carbocycles. The van der Waals surface area contributed by atoms with Gasteiger partial charge in [0.05, 0.1) is 6.42 Å². The van der Waals surface area contributed by atoms with Crippen LogP contribution >= 0.6 is 0 Å². The average molecular weight is 553 g/mol. The van der Waals surface area contributed by atoms with E-state index in [-0.39, 0.29) is 18.4 Å². The largest absolute Gasteiger partial charge is 0.481 e. The number of aliphatic carboxylic acids is 1. The van der Waals surface area contributed by atoms with Gasteiger partial charge < -0.3 is 19.6 Å². The van der Waals surface area contributed by atoms with Crippen LogP contribution in [0.2, 0.25) is 19.6 Å². The van der Waals surface area contributed by atoms with Crippen LogP contribution in [0, 0.1) is 18.4 Å². The lowest BCUT2D eigenvalue weighted by Gasteiger charge is -2.36. The van der Waals surface area contributed by atoms with E-state index in [1.807, 2.05) is 37.3 Å². The minimum absolute atomic E-state index is 0.0351. The number of amides is 1. The summed E-state index contributed by atoms with van der Waals surface area (Å²) in [5.41, 5.74) is 11.8. The van der Waals surface area contributed by atoms with E-state index in [2.05, 4.69) is 66.3 Å². The molecule has 1 amide bonds. The Labute approximate surface area is 237 Å². The quantitative estimate of drug-likeness (QED) is 0.314. The van der Waals surface area contributed by atoms with Crippen molar-refractivity contribution in [3.63, 3.8) is 0 Å². The third-order valence-electron chi connectivity index (χ3n) is 7.63. The van der Waals surface area contributed by atoms with Crippen LogP contribution < -0.4 is 4.90 Å². The average Bonchev–Trinajstić information content (AvgIpc) is 3.25. The van der Waals surface area contributed by atoms with Gasteiger partial charge in [-0.2, -0.15) is 0 Å². The molecule has 0 bridgehead atoms. The molecule has 0 spiro atoms. The lowest BCUT2D eigenvalue weighted by molar-refractivity contribution is -0.136. The number of piperazine rings is 1. The van der Waals surface area contributed by atoms with Crippen molar-refractivity contribution in [3.05, 3.63) is 88.5 Å². The highest BCUT2D eigenvalue weighted by molar-refractivity contribution is 6.83. The van der Waals surface area contributed by atoms with Gasteiger partial charge in [0, 0.05) is 43.3 Å². The van der Waals surface area contributed by atoms with Crippen molar-refractivity contribution in [1.82, 2.24) is 4.90 Å². The molecule has 1 aliphatic heterocycles. The zero-order valence-electron chi connectivity index (χ0n) is 23.7. The van der Waals surface area contributed by atoms with E-state index in [0.717, 1.165) is 22.4 Å². The first-order chi connectivity index (χ1) is 19.1. The first-order valence-corrected chi connectivity index (χ1v) is 17.3. The van der Waals surface area contributed by atoms with Gasteiger partial charge in [-0.25, -0.2) is 4.79 Å². The fourth-order valence-corrected chi connectivity index (χ4v) is 6.10. The van der Waals surface area contributed by atoms with Crippen molar-refractivity contribution in [3.8, 4) is 22.6 Å². The molecule has 40 heavy (non-hydrogen) atoms. The predicted octanol–water partition coefficient (Wildman–Crippen LogP) is 5.92. The van der Waals surface area contributed by atoms with Gasteiger partial charge in [0.2, 0.25) is 0 Å². The van der Waals surface area contributed by atoms with Crippen molar-refractivity contribution >= 4 is 25.8 Å². The SMILES string of the molecule is Cc1c(CC(=O)O)cc(C#C[Si](C)(C)C)cc1N1CCN(C(=O)OCC2c3ccccc3-c3ccccc32)CC1. The van der Waals surface area contributed by atoms with Crippen molar-refractivity contribution < 1.29 is 19.4 Å². The topological polar surface area (TPSA) is 70.1 Å². The van der Waals surface area contributed by atoms with Crippen LogP contribution in [0.1, 0.15) is 33.7 Å². The Morgan fingerprint density at radius 2 is 1.55 bits per heavy atom. The van der Waals surface area contributed by atoms with Gasteiger partial charge in [-0.3, -0.25) is 4.79 Å². The molecule has 5 rings (SSSR count). The molecule has 6 nitrogen and oxygen atoms in total. The second-order valence-electron chi connectivity index (χ2n) is 11.6.